The van der Waals surface area contributed by atoms with Gasteiger partial charge in [0.25, 0.3) is 0 Å². The van der Waals surface area contributed by atoms with Gasteiger partial charge in [-0.2, -0.15) is 0 Å². The Morgan fingerprint density at radius 3 is 1.28 bits per heavy atom. The average Bonchev–Trinajstić information content (AvgIpc) is 2.84. The minimum Gasteiger partial charge on any atom is -0.328 e. The van der Waals surface area contributed by atoms with Crippen LogP contribution in [0.2, 0.25) is 0 Å². The van der Waals surface area contributed by atoms with Crippen molar-refractivity contribution in [3.05, 3.63) is 0 Å². The minimum absolute atomic E-state index is 0.936. The molecule has 2 N–H and O–H groups in total. The number of nitrogens with two attached hydrogens (primary N) is 1. The van der Waals surface area contributed by atoms with E-state index in [1.165, 1.54) is 148 Å². The molecule has 0 aliphatic heterocycles. The SMILES string of the molecule is CCCCCCCCCCCCN(CCC[N+](C)(C)CCCCCCCCCCCC)C(N)=[N+](C)C. The van der Waals surface area contributed by atoms with Crippen LogP contribution in [0, 0.1) is 0 Å². The Kier molecular flexibility index (Phi) is 24.0. The second kappa shape index (κ2) is 24.6. The molecule has 0 amide bonds. The lowest BCUT2D eigenvalue weighted by Gasteiger charge is -2.30. The monoisotopic (exact) mass is 511 g/mol. The molecule has 0 atom stereocenters. The second-order valence-electron chi connectivity index (χ2n) is 12.3. The maximum Gasteiger partial charge on any atom is 0.345 e. The Hall–Kier alpha value is -0.770. The normalized spacial score (nSPS) is 11.7. The van der Waals surface area contributed by atoms with Crippen LogP contribution in [-0.2, 0) is 0 Å². The van der Waals surface area contributed by atoms with Crippen molar-refractivity contribution in [1.82, 2.24) is 4.90 Å². The highest BCUT2D eigenvalue weighted by Gasteiger charge is 2.19. The third-order valence-electron chi connectivity index (χ3n) is 7.87. The maximum absolute atomic E-state index is 6.47. The van der Waals surface area contributed by atoms with E-state index in [4.69, 9.17) is 5.73 Å². The Morgan fingerprint density at radius 1 is 0.528 bits per heavy atom. The van der Waals surface area contributed by atoms with Crippen molar-refractivity contribution in [2.45, 2.75) is 149 Å². The standard InChI is InChI=1S/C32H69N4/c1-7-9-11-13-15-17-19-21-23-25-28-35(32(33)34(3)4)29-27-31-36(5,6)30-26-24-22-20-18-16-14-12-10-8-2/h33H,7-31H2,1-6H3/q+1/p+1. The molecule has 0 bridgehead atoms. The molecule has 0 aromatic rings. The first-order valence-corrected chi connectivity index (χ1v) is 16.2. The number of quaternary nitrogens is 1. The molecule has 0 radical (unpaired) electrons. The maximum atomic E-state index is 6.47. The zero-order chi connectivity index (χ0) is 26.9. The average molecular weight is 511 g/mol. The zero-order valence-corrected chi connectivity index (χ0v) is 26.1. The molecule has 0 rings (SSSR count). The smallest absolute Gasteiger partial charge is 0.328 e. The van der Waals surface area contributed by atoms with Crippen LogP contribution >= 0.6 is 0 Å². The third-order valence-corrected chi connectivity index (χ3v) is 7.87. The summed E-state index contributed by atoms with van der Waals surface area (Å²) in [7, 11) is 8.98. The third kappa shape index (κ3) is 22.4. The van der Waals surface area contributed by atoms with E-state index in [9.17, 15) is 0 Å². The van der Waals surface area contributed by atoms with Gasteiger partial charge in [0, 0.05) is 6.42 Å². The highest BCUT2D eigenvalue weighted by molar-refractivity contribution is 5.72. The molecule has 0 saturated carbocycles. The van der Waals surface area contributed by atoms with Gasteiger partial charge in [-0.3, -0.25) is 15.2 Å². The molecule has 0 aliphatic rings. The first-order chi connectivity index (χ1) is 17.3. The van der Waals surface area contributed by atoms with Crippen LogP contribution < -0.4 is 5.73 Å². The lowest BCUT2D eigenvalue weighted by atomic mass is 10.1. The van der Waals surface area contributed by atoms with Gasteiger partial charge in [0.1, 0.15) is 0 Å². The van der Waals surface area contributed by atoms with Crippen LogP contribution in [0.5, 0.6) is 0 Å². The first-order valence-electron chi connectivity index (χ1n) is 16.2. The molecule has 0 spiro atoms. The van der Waals surface area contributed by atoms with Gasteiger partial charge in [0.05, 0.1) is 54.4 Å². The lowest BCUT2D eigenvalue weighted by Crippen LogP contribution is -2.46. The van der Waals surface area contributed by atoms with E-state index < -0.39 is 0 Å². The number of hydrogen-bond acceptors (Lipinski definition) is 0. The quantitative estimate of drug-likeness (QED) is 0.0418. The Balaban J connectivity index is 4.00. The summed E-state index contributed by atoms with van der Waals surface area (Å²) in [4.78, 5) is 2.44. The van der Waals surface area contributed by atoms with Crippen molar-refractivity contribution < 1.29 is 9.06 Å². The van der Waals surface area contributed by atoms with E-state index in [-0.39, 0.29) is 0 Å². The summed E-state index contributed by atoms with van der Waals surface area (Å²) in [6.07, 6.45) is 29.3. The highest BCUT2D eigenvalue weighted by atomic mass is 15.3. The number of rotatable bonds is 26. The summed E-state index contributed by atoms with van der Waals surface area (Å²) in [6.45, 7) is 9.33. The summed E-state index contributed by atoms with van der Waals surface area (Å²) in [5.41, 5.74) is 6.47. The van der Waals surface area contributed by atoms with Crippen LogP contribution in [0.3, 0.4) is 0 Å². The van der Waals surface area contributed by atoms with Gasteiger partial charge in [-0.1, -0.05) is 123 Å². The van der Waals surface area contributed by atoms with E-state index in [0.717, 1.165) is 23.5 Å². The Labute approximate surface area is 228 Å². The van der Waals surface area contributed by atoms with Crippen LogP contribution in [0.4, 0.5) is 0 Å². The highest BCUT2D eigenvalue weighted by Crippen LogP contribution is 2.13. The van der Waals surface area contributed by atoms with Gasteiger partial charge in [-0.25, -0.2) is 0 Å². The summed E-state index contributed by atoms with van der Waals surface area (Å²) < 4.78 is 3.23. The number of hydrogen-bond donors (Lipinski definition) is 1. The molecule has 0 aromatic heterocycles. The van der Waals surface area contributed by atoms with E-state index >= 15 is 0 Å². The predicted molar refractivity (Wildman–Crippen MR) is 163 cm³/mol. The molecule has 0 fully saturated rings. The lowest BCUT2D eigenvalue weighted by molar-refractivity contribution is -0.890. The molecular formula is C32H70N4+2. The van der Waals surface area contributed by atoms with Crippen molar-refractivity contribution in [3.63, 3.8) is 0 Å². The van der Waals surface area contributed by atoms with E-state index in [0.29, 0.717) is 0 Å². The molecule has 0 aromatic carbocycles. The fraction of sp³-hybridized carbons (Fsp3) is 0.969. The largest absolute Gasteiger partial charge is 0.345 e. The van der Waals surface area contributed by atoms with Crippen molar-refractivity contribution in [2.24, 2.45) is 5.73 Å². The topological polar surface area (TPSA) is 32.3 Å². The van der Waals surface area contributed by atoms with Gasteiger partial charge in [-0.15, -0.1) is 0 Å². The summed E-state index contributed by atoms with van der Waals surface area (Å²) in [5.74, 6) is 0.936. The molecule has 0 aliphatic carbocycles. The second-order valence-corrected chi connectivity index (χ2v) is 12.3. The van der Waals surface area contributed by atoms with Gasteiger partial charge in [-0.05, 0) is 19.3 Å². The molecule has 4 nitrogen and oxygen atoms in total. The zero-order valence-electron chi connectivity index (χ0n) is 26.1. The van der Waals surface area contributed by atoms with Gasteiger partial charge in [0.2, 0.25) is 0 Å². The fourth-order valence-corrected chi connectivity index (χ4v) is 5.24. The van der Waals surface area contributed by atoms with Crippen molar-refractivity contribution in [3.8, 4) is 0 Å². The van der Waals surface area contributed by atoms with Crippen molar-refractivity contribution in [1.29, 1.82) is 0 Å². The van der Waals surface area contributed by atoms with Crippen molar-refractivity contribution >= 4 is 5.96 Å². The summed E-state index contributed by atoms with van der Waals surface area (Å²) in [6, 6.07) is 0. The Bertz CT molecular complexity index is 496. The minimum atomic E-state index is 0.936. The van der Waals surface area contributed by atoms with Crippen molar-refractivity contribution in [2.75, 3.05) is 54.4 Å². The molecule has 36 heavy (non-hydrogen) atoms. The fourth-order valence-electron chi connectivity index (χ4n) is 5.24. The van der Waals surface area contributed by atoms with E-state index in [2.05, 4.69) is 51.5 Å². The van der Waals surface area contributed by atoms with Crippen LogP contribution in [-0.4, -0.2) is 74.3 Å². The molecular weight excluding hydrogens is 440 g/mol. The van der Waals surface area contributed by atoms with E-state index in [1.54, 1.807) is 0 Å². The first kappa shape index (κ1) is 35.2. The number of guanidine groups is 1. The van der Waals surface area contributed by atoms with Crippen LogP contribution in [0.1, 0.15) is 149 Å². The van der Waals surface area contributed by atoms with Gasteiger partial charge < -0.3 is 4.48 Å². The molecule has 216 valence electrons. The molecule has 0 unspecified atom stereocenters. The molecule has 0 heterocycles. The molecule has 0 saturated heterocycles. The molecule has 4 heteroatoms. The van der Waals surface area contributed by atoms with Gasteiger partial charge in [0.15, 0.2) is 0 Å². The summed E-state index contributed by atoms with van der Waals surface area (Å²) >= 11 is 0. The predicted octanol–water partition coefficient (Wildman–Crippen LogP) is 8.18. The van der Waals surface area contributed by atoms with Gasteiger partial charge >= 0.3 is 5.96 Å². The van der Waals surface area contributed by atoms with Crippen LogP contribution in [0.15, 0.2) is 0 Å². The van der Waals surface area contributed by atoms with E-state index in [1.807, 2.05) is 0 Å². The number of nitrogens with zero attached hydrogens (tertiary/aromatic N) is 3. The number of unbranched alkanes of at least 4 members (excludes halogenated alkanes) is 18. The Morgan fingerprint density at radius 2 is 0.861 bits per heavy atom. The van der Waals surface area contributed by atoms with Crippen LogP contribution in [0.25, 0.3) is 0 Å². The summed E-state index contributed by atoms with van der Waals surface area (Å²) in [5, 5.41) is 0.